The molecule has 1 aromatic carbocycles. The first-order chi connectivity index (χ1) is 9.09. The van der Waals surface area contributed by atoms with Crippen LogP contribution in [0.3, 0.4) is 0 Å². The first-order valence-electron chi connectivity index (χ1n) is 5.21. The van der Waals surface area contributed by atoms with Crippen LogP contribution >= 0.6 is 11.3 Å². The molecule has 0 aliphatic rings. The minimum Gasteiger partial charge on any atom is -0.478 e. The molecule has 7 nitrogen and oxygen atoms in total. The van der Waals surface area contributed by atoms with Gasteiger partial charge in [-0.05, 0) is 6.07 Å². The topological polar surface area (TPSA) is 105 Å². The maximum Gasteiger partial charge on any atom is 0.338 e. The summed E-state index contributed by atoms with van der Waals surface area (Å²) in [6.07, 6.45) is 0. The molecule has 0 amide bonds. The molecule has 2 aromatic rings. The molecule has 0 spiro atoms. The number of nitrogens with zero attached hydrogens (tertiary/aromatic N) is 2. The Bertz CT molecular complexity index is 580. The van der Waals surface area contributed by atoms with Gasteiger partial charge in [-0.1, -0.05) is 6.07 Å². The lowest BCUT2D eigenvalue weighted by Gasteiger charge is -2.08. The molecule has 98 valence electrons. The van der Waals surface area contributed by atoms with E-state index in [2.05, 4.69) is 10.3 Å². The Kier molecular flexibility index (Phi) is 3.71. The fourth-order valence-corrected chi connectivity index (χ4v) is 2.12. The standard InChI is InChI=1S/C11H9N3O4S/c15-11(16)8-2-1-3-9(14(17)18)10(8)12-4-7-5-19-6-13-7/h1-3,5-6,12H,4H2,(H,15,16). The Morgan fingerprint density at radius 1 is 1.53 bits per heavy atom. The van der Waals surface area contributed by atoms with Gasteiger partial charge in [0.1, 0.15) is 5.69 Å². The number of benzene rings is 1. The number of carbonyl (C=O) groups is 1. The van der Waals surface area contributed by atoms with Gasteiger partial charge in [0.15, 0.2) is 0 Å². The maximum absolute atomic E-state index is 11.1. The number of aromatic nitrogens is 1. The van der Waals surface area contributed by atoms with E-state index in [9.17, 15) is 14.9 Å². The Morgan fingerprint density at radius 2 is 2.32 bits per heavy atom. The van der Waals surface area contributed by atoms with Crippen LogP contribution in [0.5, 0.6) is 0 Å². The summed E-state index contributed by atoms with van der Waals surface area (Å²) < 4.78 is 0. The normalized spacial score (nSPS) is 10.1. The smallest absolute Gasteiger partial charge is 0.338 e. The molecule has 0 aliphatic carbocycles. The van der Waals surface area contributed by atoms with Gasteiger partial charge in [0.25, 0.3) is 5.69 Å². The molecule has 0 saturated heterocycles. The van der Waals surface area contributed by atoms with Gasteiger partial charge in [0.2, 0.25) is 0 Å². The molecule has 8 heteroatoms. The van der Waals surface area contributed by atoms with Gasteiger partial charge in [-0.2, -0.15) is 0 Å². The van der Waals surface area contributed by atoms with Crippen molar-refractivity contribution < 1.29 is 14.8 Å². The summed E-state index contributed by atoms with van der Waals surface area (Å²) in [4.78, 5) is 25.4. The van der Waals surface area contributed by atoms with Crippen LogP contribution in [0, 0.1) is 10.1 Å². The van der Waals surface area contributed by atoms with E-state index in [0.717, 1.165) is 0 Å². The van der Waals surface area contributed by atoms with Crippen molar-refractivity contribution in [3.05, 3.63) is 50.5 Å². The minimum atomic E-state index is -1.22. The van der Waals surface area contributed by atoms with Gasteiger partial charge >= 0.3 is 5.97 Å². The molecule has 1 heterocycles. The largest absolute Gasteiger partial charge is 0.478 e. The average molecular weight is 279 g/mol. The summed E-state index contributed by atoms with van der Waals surface area (Å²) in [5.74, 6) is -1.22. The van der Waals surface area contributed by atoms with Crippen molar-refractivity contribution >= 4 is 28.7 Å². The van der Waals surface area contributed by atoms with Crippen LogP contribution < -0.4 is 5.32 Å². The molecule has 2 N–H and O–H groups in total. The van der Waals surface area contributed by atoms with Crippen molar-refractivity contribution in [3.63, 3.8) is 0 Å². The number of nitro groups is 1. The second-order valence-electron chi connectivity index (χ2n) is 3.60. The zero-order chi connectivity index (χ0) is 13.8. The predicted octanol–water partition coefficient (Wildman–Crippen LogP) is 2.36. The SMILES string of the molecule is O=C(O)c1cccc([N+](=O)[O-])c1NCc1cscn1. The first kappa shape index (κ1) is 13.0. The molecule has 0 aliphatic heterocycles. The molecule has 2 rings (SSSR count). The van der Waals surface area contributed by atoms with Crippen molar-refractivity contribution in [1.82, 2.24) is 4.98 Å². The van der Waals surface area contributed by atoms with Gasteiger partial charge in [0.05, 0.1) is 28.2 Å². The monoisotopic (exact) mass is 279 g/mol. The first-order valence-corrected chi connectivity index (χ1v) is 6.15. The highest BCUT2D eigenvalue weighted by Crippen LogP contribution is 2.28. The van der Waals surface area contributed by atoms with Crippen molar-refractivity contribution in [2.75, 3.05) is 5.32 Å². The summed E-state index contributed by atoms with van der Waals surface area (Å²) in [5, 5.41) is 24.5. The molecule has 0 saturated carbocycles. The number of anilines is 1. The number of hydrogen-bond donors (Lipinski definition) is 2. The third-order valence-corrected chi connectivity index (χ3v) is 3.03. The van der Waals surface area contributed by atoms with Crippen molar-refractivity contribution in [3.8, 4) is 0 Å². The van der Waals surface area contributed by atoms with Crippen molar-refractivity contribution in [1.29, 1.82) is 0 Å². The fraction of sp³-hybridized carbons (Fsp3) is 0.0909. The number of nitrogens with one attached hydrogen (secondary N) is 1. The third-order valence-electron chi connectivity index (χ3n) is 2.40. The van der Waals surface area contributed by atoms with Gasteiger partial charge < -0.3 is 10.4 Å². The summed E-state index contributed by atoms with van der Waals surface area (Å²) in [6, 6.07) is 3.92. The van der Waals surface area contributed by atoms with Crippen LogP contribution in [0.1, 0.15) is 16.1 Å². The number of rotatable bonds is 5. The molecule has 0 bridgehead atoms. The Morgan fingerprint density at radius 3 is 2.89 bits per heavy atom. The lowest BCUT2D eigenvalue weighted by atomic mass is 10.1. The fourth-order valence-electron chi connectivity index (χ4n) is 1.56. The van der Waals surface area contributed by atoms with Crippen molar-refractivity contribution in [2.24, 2.45) is 0 Å². The third kappa shape index (κ3) is 2.86. The summed E-state index contributed by atoms with van der Waals surface area (Å²) >= 11 is 1.39. The zero-order valence-corrected chi connectivity index (χ0v) is 10.4. The van der Waals surface area contributed by atoms with E-state index < -0.39 is 10.9 Å². The molecule has 0 fully saturated rings. The summed E-state index contributed by atoms with van der Waals surface area (Å²) in [7, 11) is 0. The van der Waals surface area contributed by atoms with Crippen LogP contribution in [-0.4, -0.2) is 21.0 Å². The zero-order valence-electron chi connectivity index (χ0n) is 9.57. The molecular weight excluding hydrogens is 270 g/mol. The maximum atomic E-state index is 11.1. The van der Waals surface area contributed by atoms with Crippen LogP contribution in [-0.2, 0) is 6.54 Å². The molecule has 0 radical (unpaired) electrons. The van der Waals surface area contributed by atoms with Gasteiger partial charge in [-0.3, -0.25) is 10.1 Å². The van der Waals surface area contributed by atoms with E-state index >= 15 is 0 Å². The highest BCUT2D eigenvalue weighted by atomic mass is 32.1. The quantitative estimate of drug-likeness (QED) is 0.643. The van der Waals surface area contributed by atoms with E-state index in [1.165, 1.54) is 29.5 Å². The Balaban J connectivity index is 2.35. The van der Waals surface area contributed by atoms with Gasteiger partial charge in [-0.15, -0.1) is 11.3 Å². The minimum absolute atomic E-state index is 0.00648. The number of para-hydroxylation sites is 1. The molecule has 19 heavy (non-hydrogen) atoms. The van der Waals surface area contributed by atoms with Crippen LogP contribution in [0.15, 0.2) is 29.1 Å². The second kappa shape index (κ2) is 5.44. The highest BCUT2D eigenvalue weighted by molar-refractivity contribution is 7.07. The number of nitro benzene ring substituents is 1. The van der Waals surface area contributed by atoms with Gasteiger partial charge in [0, 0.05) is 11.4 Å². The van der Waals surface area contributed by atoms with E-state index in [-0.39, 0.29) is 23.5 Å². The van der Waals surface area contributed by atoms with Crippen LogP contribution in [0.4, 0.5) is 11.4 Å². The van der Waals surface area contributed by atoms with E-state index in [1.807, 2.05) is 0 Å². The number of carboxylic acids is 1. The second-order valence-corrected chi connectivity index (χ2v) is 4.31. The average Bonchev–Trinajstić information content (AvgIpc) is 2.88. The van der Waals surface area contributed by atoms with Crippen molar-refractivity contribution in [2.45, 2.75) is 6.54 Å². The number of carboxylic acid groups (broad SMARTS) is 1. The van der Waals surface area contributed by atoms with Crippen LogP contribution in [0.25, 0.3) is 0 Å². The molecule has 0 unspecified atom stereocenters. The van der Waals surface area contributed by atoms with E-state index in [4.69, 9.17) is 5.11 Å². The van der Waals surface area contributed by atoms with E-state index in [0.29, 0.717) is 5.69 Å². The summed E-state index contributed by atoms with van der Waals surface area (Å²) in [5.41, 5.74) is 1.92. The number of aromatic carboxylic acids is 1. The lowest BCUT2D eigenvalue weighted by molar-refractivity contribution is -0.384. The Hall–Kier alpha value is -2.48. The molecule has 0 atom stereocenters. The molecule has 1 aromatic heterocycles. The number of thiazole rings is 1. The predicted molar refractivity (Wildman–Crippen MR) is 69.5 cm³/mol. The highest BCUT2D eigenvalue weighted by Gasteiger charge is 2.21. The Labute approximate surface area is 111 Å². The molecular formula is C11H9N3O4S. The number of hydrogen-bond acceptors (Lipinski definition) is 6. The summed E-state index contributed by atoms with van der Waals surface area (Å²) in [6.45, 7) is 0.231. The van der Waals surface area contributed by atoms with Crippen LogP contribution in [0.2, 0.25) is 0 Å². The van der Waals surface area contributed by atoms with E-state index in [1.54, 1.807) is 10.9 Å². The lowest BCUT2D eigenvalue weighted by Crippen LogP contribution is -2.09. The van der Waals surface area contributed by atoms with Gasteiger partial charge in [-0.25, -0.2) is 9.78 Å².